The third kappa shape index (κ3) is 5.35. The van der Waals surface area contributed by atoms with Crippen LogP contribution < -0.4 is 19.6 Å². The predicted molar refractivity (Wildman–Crippen MR) is 152 cm³/mol. The van der Waals surface area contributed by atoms with Crippen molar-refractivity contribution in [1.82, 2.24) is 4.57 Å². The van der Waals surface area contributed by atoms with Crippen LogP contribution in [-0.2, 0) is 16.1 Å². The Morgan fingerprint density at radius 3 is 2.74 bits per heavy atom. The summed E-state index contributed by atoms with van der Waals surface area (Å²) in [5.74, 6) is 0.168. The number of halogens is 2. The number of carbonyl (C=O) groups is 1. The first-order valence-corrected chi connectivity index (χ1v) is 14.2. The lowest BCUT2D eigenvalue weighted by molar-refractivity contribution is -0.139. The number of hydrogen-bond acceptors (Lipinski definition) is 7. The van der Waals surface area contributed by atoms with E-state index in [1.54, 1.807) is 36.6 Å². The van der Waals surface area contributed by atoms with Crippen molar-refractivity contribution >= 4 is 57.9 Å². The standard InChI is InChI=1S/C28H22Cl2N2O4S2/c1-3-35-27(34)24-16(2)31-28-32(25(24)22-8-5-11-37-22)26(33)23(38-28)13-17-6-4-7-20(12-17)36-15-18-9-10-19(29)14-21(18)30/h4-14,25H,3,15H2,1-2H3/b23-13+/t25-/m0/s1. The molecule has 5 rings (SSSR count). The first kappa shape index (κ1) is 26.4. The minimum absolute atomic E-state index is 0.222. The van der Waals surface area contributed by atoms with E-state index in [1.807, 2.05) is 47.8 Å². The summed E-state index contributed by atoms with van der Waals surface area (Å²) in [4.78, 5) is 32.6. The number of nitrogens with zero attached hydrogens (tertiary/aromatic N) is 2. The molecule has 0 unspecified atom stereocenters. The second-order valence-electron chi connectivity index (χ2n) is 8.41. The van der Waals surface area contributed by atoms with Crippen molar-refractivity contribution in [2.75, 3.05) is 6.61 Å². The summed E-state index contributed by atoms with van der Waals surface area (Å²) in [6.07, 6.45) is 1.81. The molecule has 0 spiro atoms. The highest BCUT2D eigenvalue weighted by atomic mass is 35.5. The van der Waals surface area contributed by atoms with Gasteiger partial charge in [-0.2, -0.15) is 0 Å². The topological polar surface area (TPSA) is 69.9 Å². The molecular weight excluding hydrogens is 563 g/mol. The number of carbonyl (C=O) groups excluding carboxylic acids is 1. The summed E-state index contributed by atoms with van der Waals surface area (Å²) in [7, 11) is 0. The van der Waals surface area contributed by atoms with Gasteiger partial charge in [-0.25, -0.2) is 9.79 Å². The van der Waals surface area contributed by atoms with Gasteiger partial charge in [0.2, 0.25) is 0 Å². The molecule has 0 N–H and O–H groups in total. The highest BCUT2D eigenvalue weighted by Crippen LogP contribution is 2.33. The molecule has 0 aliphatic carbocycles. The summed E-state index contributed by atoms with van der Waals surface area (Å²) in [5.41, 5.74) is 2.32. The zero-order chi connectivity index (χ0) is 26.8. The van der Waals surface area contributed by atoms with E-state index < -0.39 is 12.0 Å². The van der Waals surface area contributed by atoms with Crippen molar-refractivity contribution in [2.24, 2.45) is 4.99 Å². The van der Waals surface area contributed by atoms with Gasteiger partial charge in [0.1, 0.15) is 18.4 Å². The van der Waals surface area contributed by atoms with Crippen LogP contribution in [0.2, 0.25) is 10.0 Å². The van der Waals surface area contributed by atoms with Gasteiger partial charge in [0.25, 0.3) is 5.56 Å². The number of aromatic nitrogens is 1. The molecule has 10 heteroatoms. The SMILES string of the molecule is CCOC(=O)C1=C(C)N=c2s/c(=C/c3cccc(OCc4ccc(Cl)cc4Cl)c3)c(=O)n2[C@H]1c1cccs1. The molecule has 1 atom stereocenters. The quantitative estimate of drug-likeness (QED) is 0.259. The Kier molecular flexibility index (Phi) is 7.85. The molecule has 2 aromatic heterocycles. The molecule has 0 bridgehead atoms. The Morgan fingerprint density at radius 1 is 1.16 bits per heavy atom. The molecule has 6 nitrogen and oxygen atoms in total. The molecular formula is C28H22Cl2N2O4S2. The van der Waals surface area contributed by atoms with Crippen molar-refractivity contribution in [3.8, 4) is 5.75 Å². The van der Waals surface area contributed by atoms with Crippen molar-refractivity contribution in [3.05, 3.63) is 117 Å². The lowest BCUT2D eigenvalue weighted by Gasteiger charge is -2.23. The van der Waals surface area contributed by atoms with Gasteiger partial charge in [-0.1, -0.05) is 58.8 Å². The van der Waals surface area contributed by atoms with E-state index in [4.69, 9.17) is 32.7 Å². The summed E-state index contributed by atoms with van der Waals surface area (Å²) in [5, 5.41) is 3.02. The highest BCUT2D eigenvalue weighted by molar-refractivity contribution is 7.10. The van der Waals surface area contributed by atoms with Crippen molar-refractivity contribution in [2.45, 2.75) is 26.5 Å². The van der Waals surface area contributed by atoms with Crippen LogP contribution in [0.3, 0.4) is 0 Å². The van der Waals surface area contributed by atoms with Crippen molar-refractivity contribution in [1.29, 1.82) is 0 Å². The van der Waals surface area contributed by atoms with Gasteiger partial charge in [0.05, 0.1) is 22.4 Å². The molecule has 1 aliphatic heterocycles. The van der Waals surface area contributed by atoms with Crippen molar-refractivity contribution < 1.29 is 14.3 Å². The van der Waals surface area contributed by atoms with Gasteiger partial charge < -0.3 is 9.47 Å². The maximum absolute atomic E-state index is 13.7. The minimum atomic E-state index is -0.591. The van der Waals surface area contributed by atoms with Crippen LogP contribution >= 0.6 is 45.9 Å². The van der Waals surface area contributed by atoms with Gasteiger partial charge >= 0.3 is 5.97 Å². The van der Waals surface area contributed by atoms with E-state index in [-0.39, 0.29) is 18.8 Å². The molecule has 0 fully saturated rings. The van der Waals surface area contributed by atoms with Gasteiger partial charge in [-0.3, -0.25) is 9.36 Å². The number of hydrogen-bond donors (Lipinski definition) is 0. The van der Waals surface area contributed by atoms with E-state index >= 15 is 0 Å². The minimum Gasteiger partial charge on any atom is -0.489 e. The third-order valence-corrected chi connectivity index (χ3v) is 8.39. The largest absolute Gasteiger partial charge is 0.489 e. The average Bonchev–Trinajstić information content (AvgIpc) is 3.52. The average molecular weight is 586 g/mol. The maximum Gasteiger partial charge on any atom is 0.338 e. The number of thiazole rings is 1. The molecule has 0 saturated carbocycles. The van der Waals surface area contributed by atoms with Crippen LogP contribution in [-0.4, -0.2) is 17.1 Å². The van der Waals surface area contributed by atoms with Crippen LogP contribution in [0.4, 0.5) is 0 Å². The number of rotatable bonds is 7. The fourth-order valence-corrected chi connectivity index (χ4v) is 6.49. The van der Waals surface area contributed by atoms with Crippen LogP contribution in [0, 0.1) is 0 Å². The molecule has 194 valence electrons. The number of benzene rings is 2. The molecule has 0 radical (unpaired) electrons. The van der Waals surface area contributed by atoms with E-state index in [2.05, 4.69) is 4.99 Å². The lowest BCUT2D eigenvalue weighted by Crippen LogP contribution is -2.39. The number of thiophene rings is 1. The second-order valence-corrected chi connectivity index (χ2v) is 11.2. The third-order valence-electron chi connectivity index (χ3n) is 5.90. The zero-order valence-electron chi connectivity index (χ0n) is 20.4. The Balaban J connectivity index is 1.51. The Hall–Kier alpha value is -3.17. The normalized spacial score (nSPS) is 15.3. The molecule has 38 heavy (non-hydrogen) atoms. The fraction of sp³-hybridized carbons (Fsp3) is 0.179. The summed E-state index contributed by atoms with van der Waals surface area (Å²) in [6.45, 7) is 4.04. The number of esters is 1. The Bertz CT molecular complexity index is 1720. The summed E-state index contributed by atoms with van der Waals surface area (Å²) in [6, 6.07) is 15.9. The van der Waals surface area contributed by atoms with Crippen LogP contribution in [0.25, 0.3) is 6.08 Å². The summed E-state index contributed by atoms with van der Waals surface area (Å²) < 4.78 is 13.4. The van der Waals surface area contributed by atoms with E-state index in [9.17, 15) is 9.59 Å². The second kappa shape index (κ2) is 11.3. The fourth-order valence-electron chi connectivity index (χ4n) is 4.15. The van der Waals surface area contributed by atoms with E-state index in [0.29, 0.717) is 36.4 Å². The van der Waals surface area contributed by atoms with Crippen LogP contribution in [0.1, 0.15) is 35.9 Å². The smallest absolute Gasteiger partial charge is 0.338 e. The maximum atomic E-state index is 13.7. The molecule has 0 amide bonds. The van der Waals surface area contributed by atoms with Gasteiger partial charge in [-0.15, -0.1) is 11.3 Å². The first-order valence-electron chi connectivity index (χ1n) is 11.8. The number of ether oxygens (including phenoxy) is 2. The van der Waals surface area contributed by atoms with Gasteiger partial charge in [0.15, 0.2) is 4.80 Å². The first-order chi connectivity index (χ1) is 18.4. The van der Waals surface area contributed by atoms with Gasteiger partial charge in [-0.05, 0) is 61.2 Å². The van der Waals surface area contributed by atoms with E-state index in [1.165, 1.54) is 22.7 Å². The Labute approximate surface area is 236 Å². The van der Waals surface area contributed by atoms with Crippen molar-refractivity contribution in [3.63, 3.8) is 0 Å². The molecule has 2 aromatic carbocycles. The highest BCUT2D eigenvalue weighted by Gasteiger charge is 2.33. The molecule has 4 aromatic rings. The zero-order valence-corrected chi connectivity index (χ0v) is 23.6. The summed E-state index contributed by atoms with van der Waals surface area (Å²) >= 11 is 15.0. The molecule has 0 saturated heterocycles. The van der Waals surface area contributed by atoms with Crippen LogP contribution in [0.15, 0.2) is 81.0 Å². The Morgan fingerprint density at radius 2 is 2.00 bits per heavy atom. The predicted octanol–water partition coefficient (Wildman–Crippen LogP) is 5.75. The molecule has 3 heterocycles. The lowest BCUT2D eigenvalue weighted by atomic mass is 10.0. The van der Waals surface area contributed by atoms with Gasteiger partial charge in [0, 0.05) is 20.5 Å². The van der Waals surface area contributed by atoms with E-state index in [0.717, 1.165) is 16.0 Å². The monoisotopic (exact) mass is 584 g/mol. The van der Waals surface area contributed by atoms with Crippen LogP contribution in [0.5, 0.6) is 5.75 Å². The number of allylic oxidation sites excluding steroid dienone is 1. The number of fused-ring (bicyclic) bond motifs is 1. The molecule has 1 aliphatic rings.